The highest BCUT2D eigenvalue weighted by atomic mass is 35.5. The summed E-state index contributed by atoms with van der Waals surface area (Å²) in [7, 11) is 0. The fraction of sp³-hybridized carbons (Fsp3) is 0.250. The van der Waals surface area contributed by atoms with E-state index in [-0.39, 0.29) is 5.78 Å². The van der Waals surface area contributed by atoms with Crippen molar-refractivity contribution in [2.75, 3.05) is 0 Å². The highest BCUT2D eigenvalue weighted by molar-refractivity contribution is 6.31. The van der Waals surface area contributed by atoms with E-state index in [1.807, 2.05) is 0 Å². The molecule has 0 aliphatic heterocycles. The van der Waals surface area contributed by atoms with Gasteiger partial charge in [-0.15, -0.1) is 0 Å². The summed E-state index contributed by atoms with van der Waals surface area (Å²) in [5.41, 5.74) is 0.911. The second-order valence-corrected chi connectivity index (χ2v) is 5.43. The van der Waals surface area contributed by atoms with E-state index in [2.05, 4.69) is 4.98 Å². The van der Waals surface area contributed by atoms with Gasteiger partial charge in [0.15, 0.2) is 0 Å². The van der Waals surface area contributed by atoms with Crippen molar-refractivity contribution in [2.45, 2.75) is 25.9 Å². The minimum Gasteiger partial charge on any atom is -0.299 e. The summed E-state index contributed by atoms with van der Waals surface area (Å²) >= 11 is 5.96. The Morgan fingerprint density at radius 2 is 1.82 bits per heavy atom. The second-order valence-electron chi connectivity index (χ2n) is 5.03. The molecule has 0 radical (unpaired) electrons. The molecule has 1 atom stereocenters. The minimum absolute atomic E-state index is 0.178. The third-order valence-corrected chi connectivity index (χ3v) is 3.76. The van der Waals surface area contributed by atoms with E-state index in [9.17, 15) is 18.0 Å². The number of carbonyl (C=O) groups excluding carboxylic acids is 1. The summed E-state index contributed by atoms with van der Waals surface area (Å²) in [5, 5.41) is 0.566. The van der Waals surface area contributed by atoms with Crippen molar-refractivity contribution in [2.24, 2.45) is 0 Å². The van der Waals surface area contributed by atoms with Crippen LogP contribution in [0.15, 0.2) is 36.5 Å². The number of hydrogen-bond acceptors (Lipinski definition) is 2. The van der Waals surface area contributed by atoms with Crippen LogP contribution in [0.5, 0.6) is 0 Å². The normalized spacial score (nSPS) is 13.0. The van der Waals surface area contributed by atoms with Gasteiger partial charge in [0.25, 0.3) is 0 Å². The van der Waals surface area contributed by atoms with E-state index in [1.54, 1.807) is 25.1 Å². The number of halogens is 4. The number of benzene rings is 1. The van der Waals surface area contributed by atoms with Gasteiger partial charge in [-0.1, -0.05) is 29.8 Å². The molecule has 0 saturated heterocycles. The highest BCUT2D eigenvalue weighted by Crippen LogP contribution is 2.31. The topological polar surface area (TPSA) is 30.0 Å². The van der Waals surface area contributed by atoms with Crippen LogP contribution in [0.25, 0.3) is 0 Å². The van der Waals surface area contributed by atoms with Gasteiger partial charge in [-0.05, 0) is 42.7 Å². The smallest absolute Gasteiger partial charge is 0.299 e. The third-order valence-electron chi connectivity index (χ3n) is 3.33. The summed E-state index contributed by atoms with van der Waals surface area (Å²) < 4.78 is 37.7. The van der Waals surface area contributed by atoms with Crippen molar-refractivity contribution in [1.29, 1.82) is 0 Å². The first kappa shape index (κ1) is 16.5. The van der Waals surface area contributed by atoms with Crippen LogP contribution in [0.1, 0.15) is 35.2 Å². The van der Waals surface area contributed by atoms with Crippen LogP contribution in [-0.4, -0.2) is 10.8 Å². The molecule has 22 heavy (non-hydrogen) atoms. The van der Waals surface area contributed by atoms with Crippen LogP contribution >= 0.6 is 11.6 Å². The lowest BCUT2D eigenvalue weighted by Crippen LogP contribution is -2.13. The number of rotatable bonds is 3. The van der Waals surface area contributed by atoms with Crippen molar-refractivity contribution in [3.8, 4) is 0 Å². The SMILES string of the molecule is CC(=O)C(c1ccc(C(F)(F)F)nc1)c1ccc(Cl)c(C)c1. The summed E-state index contributed by atoms with van der Waals surface area (Å²) in [6.45, 7) is 3.19. The van der Waals surface area contributed by atoms with Gasteiger partial charge in [-0.2, -0.15) is 13.2 Å². The molecule has 0 aliphatic carbocycles. The molecule has 0 N–H and O–H groups in total. The first-order chi connectivity index (χ1) is 10.2. The maximum absolute atomic E-state index is 12.6. The number of nitrogens with zero attached hydrogens (tertiary/aromatic N) is 1. The number of Topliss-reactive ketones (excluding diaryl/α,β-unsaturated/α-hetero) is 1. The lowest BCUT2D eigenvalue weighted by molar-refractivity contribution is -0.141. The van der Waals surface area contributed by atoms with Gasteiger partial charge in [0.05, 0.1) is 5.92 Å². The molecule has 1 unspecified atom stereocenters. The summed E-state index contributed by atoms with van der Waals surface area (Å²) in [5.74, 6) is -0.839. The Morgan fingerprint density at radius 1 is 1.18 bits per heavy atom. The lowest BCUT2D eigenvalue weighted by atomic mass is 9.88. The van der Waals surface area contributed by atoms with E-state index in [1.165, 1.54) is 13.0 Å². The number of aromatic nitrogens is 1. The van der Waals surface area contributed by atoms with E-state index in [4.69, 9.17) is 11.6 Å². The zero-order valence-corrected chi connectivity index (χ0v) is 12.7. The molecular weight excluding hydrogens is 315 g/mol. The van der Waals surface area contributed by atoms with Gasteiger partial charge >= 0.3 is 6.18 Å². The second kappa shape index (κ2) is 6.08. The molecule has 2 aromatic rings. The number of ketones is 1. The Morgan fingerprint density at radius 3 is 2.27 bits per heavy atom. The zero-order valence-electron chi connectivity index (χ0n) is 11.9. The summed E-state index contributed by atoms with van der Waals surface area (Å²) in [6.07, 6.45) is -3.40. The van der Waals surface area contributed by atoms with Crippen LogP contribution < -0.4 is 0 Å². The lowest BCUT2D eigenvalue weighted by Gasteiger charge is -2.16. The van der Waals surface area contributed by atoms with Gasteiger partial charge in [0.1, 0.15) is 11.5 Å². The molecule has 2 nitrogen and oxygen atoms in total. The Hall–Kier alpha value is -1.88. The highest BCUT2D eigenvalue weighted by Gasteiger charge is 2.32. The van der Waals surface area contributed by atoms with E-state index in [0.29, 0.717) is 16.1 Å². The fourth-order valence-electron chi connectivity index (χ4n) is 2.25. The molecule has 0 saturated carbocycles. The van der Waals surface area contributed by atoms with Gasteiger partial charge in [0.2, 0.25) is 0 Å². The fourth-order valence-corrected chi connectivity index (χ4v) is 2.37. The Bertz CT molecular complexity index is 696. The maximum atomic E-state index is 12.6. The molecule has 2 rings (SSSR count). The number of carbonyl (C=O) groups is 1. The molecule has 0 spiro atoms. The van der Waals surface area contributed by atoms with Crippen LogP contribution in [0.2, 0.25) is 5.02 Å². The van der Waals surface area contributed by atoms with Crippen LogP contribution in [-0.2, 0) is 11.0 Å². The standard InChI is InChI=1S/C16H13ClF3NO/c1-9-7-11(3-5-13(9)17)15(10(2)22)12-4-6-14(21-8-12)16(18,19)20/h3-8,15H,1-2H3. The quantitative estimate of drug-likeness (QED) is 0.811. The number of alkyl halides is 3. The Kier molecular flexibility index (Phi) is 4.56. The van der Waals surface area contributed by atoms with Crippen molar-refractivity contribution >= 4 is 17.4 Å². The van der Waals surface area contributed by atoms with Crippen LogP contribution in [0.3, 0.4) is 0 Å². The number of hydrogen-bond donors (Lipinski definition) is 0. The van der Waals surface area contributed by atoms with E-state index in [0.717, 1.165) is 17.8 Å². The van der Waals surface area contributed by atoms with Gasteiger partial charge in [-0.3, -0.25) is 9.78 Å². The molecule has 1 aromatic carbocycles. The van der Waals surface area contributed by atoms with E-state index < -0.39 is 17.8 Å². The molecule has 1 heterocycles. The monoisotopic (exact) mass is 327 g/mol. The third kappa shape index (κ3) is 3.47. The van der Waals surface area contributed by atoms with Crippen molar-refractivity contribution in [1.82, 2.24) is 4.98 Å². The predicted octanol–water partition coefficient (Wildman–Crippen LogP) is 4.78. The Labute approximate surface area is 130 Å². The predicted molar refractivity (Wildman–Crippen MR) is 78.0 cm³/mol. The van der Waals surface area contributed by atoms with Crippen molar-refractivity contribution < 1.29 is 18.0 Å². The van der Waals surface area contributed by atoms with Crippen LogP contribution in [0.4, 0.5) is 13.2 Å². The summed E-state index contributed by atoms with van der Waals surface area (Å²) in [6, 6.07) is 7.28. The first-order valence-corrected chi connectivity index (χ1v) is 6.87. The molecular formula is C16H13ClF3NO. The molecule has 0 amide bonds. The molecule has 6 heteroatoms. The van der Waals surface area contributed by atoms with E-state index >= 15 is 0 Å². The molecule has 1 aromatic heterocycles. The van der Waals surface area contributed by atoms with Gasteiger partial charge in [-0.25, -0.2) is 0 Å². The zero-order chi connectivity index (χ0) is 16.5. The number of pyridine rings is 1. The first-order valence-electron chi connectivity index (χ1n) is 6.50. The average Bonchev–Trinajstić information content (AvgIpc) is 2.42. The molecule has 0 bridgehead atoms. The Balaban J connectivity index is 2.44. The maximum Gasteiger partial charge on any atom is 0.433 e. The largest absolute Gasteiger partial charge is 0.433 e. The minimum atomic E-state index is -4.50. The number of aryl methyl sites for hydroxylation is 1. The molecule has 0 aliphatic rings. The van der Waals surface area contributed by atoms with Crippen molar-refractivity contribution in [3.63, 3.8) is 0 Å². The molecule has 116 valence electrons. The van der Waals surface area contributed by atoms with Crippen molar-refractivity contribution in [3.05, 3.63) is 63.9 Å². The van der Waals surface area contributed by atoms with Crippen LogP contribution in [0, 0.1) is 6.92 Å². The molecule has 0 fully saturated rings. The van der Waals surface area contributed by atoms with Gasteiger partial charge in [0, 0.05) is 11.2 Å². The summed E-state index contributed by atoms with van der Waals surface area (Å²) in [4.78, 5) is 15.4. The average molecular weight is 328 g/mol. The van der Waals surface area contributed by atoms with Gasteiger partial charge < -0.3 is 0 Å².